The molecule has 0 radical (unpaired) electrons. The van der Waals surface area contributed by atoms with Crippen molar-refractivity contribution in [2.24, 2.45) is 7.05 Å². The van der Waals surface area contributed by atoms with Gasteiger partial charge < -0.3 is 9.47 Å². The van der Waals surface area contributed by atoms with Gasteiger partial charge in [0.2, 0.25) is 5.95 Å². The monoisotopic (exact) mass is 327 g/mol. The smallest absolute Gasteiger partial charge is 0.206 e. The van der Waals surface area contributed by atoms with Crippen molar-refractivity contribution in [3.05, 3.63) is 16.4 Å². The first kappa shape index (κ1) is 14.9. The van der Waals surface area contributed by atoms with Crippen molar-refractivity contribution in [1.29, 1.82) is 0 Å². The Labute approximate surface area is 134 Å². The lowest BCUT2D eigenvalue weighted by Crippen LogP contribution is -2.55. The van der Waals surface area contributed by atoms with Gasteiger partial charge in [0, 0.05) is 38.3 Å². The molecule has 114 valence electrons. The lowest BCUT2D eigenvalue weighted by atomic mass is 10.1. The molecule has 0 saturated carbocycles. The lowest BCUT2D eigenvalue weighted by Gasteiger charge is -2.42. The molecule has 0 aromatic carbocycles. The maximum absolute atomic E-state index is 6.17. The standard InChI is InChI=1S/C14H19Cl2N5/c1-8-6-21(7-9(2)19(8)3)14-18-12-10(20(14)4)5-11(15)17-13(12)16/h5,8-9H,6-7H2,1-4H3/t8-,9+. The van der Waals surface area contributed by atoms with Crippen LogP contribution in [0.25, 0.3) is 11.0 Å². The summed E-state index contributed by atoms with van der Waals surface area (Å²) >= 11 is 12.2. The number of fused-ring (bicyclic) bond motifs is 1. The number of rotatable bonds is 1. The van der Waals surface area contributed by atoms with Crippen LogP contribution in [0, 0.1) is 0 Å². The molecule has 1 aliphatic heterocycles. The number of aromatic nitrogens is 3. The highest BCUT2D eigenvalue weighted by Crippen LogP contribution is 2.29. The molecule has 1 fully saturated rings. The predicted octanol–water partition coefficient (Wildman–Crippen LogP) is 2.80. The number of hydrogen-bond donors (Lipinski definition) is 0. The van der Waals surface area contributed by atoms with Gasteiger partial charge in [-0.2, -0.15) is 0 Å². The largest absolute Gasteiger partial charge is 0.339 e. The van der Waals surface area contributed by atoms with Crippen LogP contribution in [-0.4, -0.2) is 51.7 Å². The number of imidazole rings is 1. The minimum Gasteiger partial charge on any atom is -0.339 e. The third kappa shape index (κ3) is 2.47. The van der Waals surface area contributed by atoms with Crippen molar-refractivity contribution in [1.82, 2.24) is 19.4 Å². The van der Waals surface area contributed by atoms with Gasteiger partial charge in [-0.05, 0) is 20.9 Å². The molecule has 1 saturated heterocycles. The zero-order valence-electron chi connectivity index (χ0n) is 12.6. The van der Waals surface area contributed by atoms with E-state index in [0.717, 1.165) is 24.6 Å². The van der Waals surface area contributed by atoms with Gasteiger partial charge in [-0.15, -0.1) is 0 Å². The Hall–Kier alpha value is -1.04. The maximum Gasteiger partial charge on any atom is 0.206 e. The number of likely N-dealkylation sites (N-methyl/N-ethyl adjacent to an activating group) is 1. The quantitative estimate of drug-likeness (QED) is 0.755. The highest BCUT2D eigenvalue weighted by Gasteiger charge is 2.29. The summed E-state index contributed by atoms with van der Waals surface area (Å²) < 4.78 is 2.04. The summed E-state index contributed by atoms with van der Waals surface area (Å²) in [5, 5.41) is 0.747. The molecule has 1 aliphatic rings. The molecule has 0 amide bonds. The van der Waals surface area contributed by atoms with Gasteiger partial charge >= 0.3 is 0 Å². The maximum atomic E-state index is 6.17. The number of anilines is 1. The average molecular weight is 328 g/mol. The fraction of sp³-hybridized carbons (Fsp3) is 0.571. The molecule has 0 bridgehead atoms. The van der Waals surface area contributed by atoms with Crippen molar-refractivity contribution in [2.75, 3.05) is 25.0 Å². The molecule has 3 rings (SSSR count). The highest BCUT2D eigenvalue weighted by atomic mass is 35.5. The van der Waals surface area contributed by atoms with E-state index < -0.39 is 0 Å². The molecule has 0 aliphatic carbocycles. The van der Waals surface area contributed by atoms with E-state index in [1.807, 2.05) is 17.7 Å². The van der Waals surface area contributed by atoms with Crippen molar-refractivity contribution < 1.29 is 0 Å². The van der Waals surface area contributed by atoms with Gasteiger partial charge in [0.25, 0.3) is 0 Å². The van der Waals surface area contributed by atoms with E-state index in [2.05, 4.69) is 40.7 Å². The Morgan fingerprint density at radius 1 is 1.10 bits per heavy atom. The van der Waals surface area contributed by atoms with Crippen LogP contribution in [0.1, 0.15) is 13.8 Å². The Bertz CT molecular complexity index is 672. The highest BCUT2D eigenvalue weighted by molar-refractivity contribution is 6.36. The van der Waals surface area contributed by atoms with Crippen LogP contribution in [0.5, 0.6) is 0 Å². The fourth-order valence-corrected chi connectivity index (χ4v) is 3.42. The zero-order chi connectivity index (χ0) is 15.3. The summed E-state index contributed by atoms with van der Waals surface area (Å²) in [6, 6.07) is 2.76. The van der Waals surface area contributed by atoms with Gasteiger partial charge in [-0.3, -0.25) is 4.90 Å². The molecule has 5 nitrogen and oxygen atoms in total. The molecular weight excluding hydrogens is 309 g/mol. The molecule has 2 aromatic rings. The van der Waals surface area contributed by atoms with Crippen molar-refractivity contribution in [2.45, 2.75) is 25.9 Å². The van der Waals surface area contributed by atoms with E-state index in [9.17, 15) is 0 Å². The Morgan fingerprint density at radius 2 is 1.71 bits per heavy atom. The van der Waals surface area contributed by atoms with Crippen molar-refractivity contribution in [3.8, 4) is 0 Å². The van der Waals surface area contributed by atoms with Crippen LogP contribution < -0.4 is 4.90 Å². The lowest BCUT2D eigenvalue weighted by molar-refractivity contribution is 0.169. The summed E-state index contributed by atoms with van der Waals surface area (Å²) in [6.07, 6.45) is 0. The topological polar surface area (TPSA) is 37.2 Å². The first-order chi connectivity index (χ1) is 9.88. The van der Waals surface area contributed by atoms with Crippen LogP contribution >= 0.6 is 23.2 Å². The van der Waals surface area contributed by atoms with E-state index in [4.69, 9.17) is 23.2 Å². The first-order valence-corrected chi connectivity index (χ1v) is 7.79. The van der Waals surface area contributed by atoms with E-state index >= 15 is 0 Å². The summed E-state index contributed by atoms with van der Waals surface area (Å²) in [6.45, 7) is 6.35. The Balaban J connectivity index is 2.05. The van der Waals surface area contributed by atoms with E-state index in [1.165, 1.54) is 0 Å². The van der Waals surface area contributed by atoms with Crippen LogP contribution in [0.4, 0.5) is 5.95 Å². The molecule has 21 heavy (non-hydrogen) atoms. The second-order valence-corrected chi connectivity index (χ2v) is 6.59. The molecule has 0 N–H and O–H groups in total. The van der Waals surface area contributed by atoms with Gasteiger partial charge in [0.15, 0.2) is 5.15 Å². The number of piperazine rings is 1. The minimum absolute atomic E-state index is 0.356. The van der Waals surface area contributed by atoms with Crippen molar-refractivity contribution >= 4 is 40.2 Å². The summed E-state index contributed by atoms with van der Waals surface area (Å²) in [5.74, 6) is 0.919. The second-order valence-electron chi connectivity index (χ2n) is 5.84. The third-order valence-electron chi connectivity index (χ3n) is 4.41. The average Bonchev–Trinajstić information content (AvgIpc) is 2.74. The van der Waals surface area contributed by atoms with Crippen LogP contribution in [-0.2, 0) is 7.05 Å². The minimum atomic E-state index is 0.356. The number of halogens is 2. The van der Waals surface area contributed by atoms with E-state index in [-0.39, 0.29) is 0 Å². The normalized spacial score (nSPS) is 24.0. The molecule has 2 atom stereocenters. The Kier molecular flexibility index (Phi) is 3.76. The molecule has 2 aromatic heterocycles. The third-order valence-corrected chi connectivity index (χ3v) is 4.87. The SMILES string of the molecule is C[C@@H]1CN(c2nc3c(Cl)nc(Cl)cc3n2C)C[C@H](C)N1C. The van der Waals surface area contributed by atoms with Gasteiger partial charge in [-0.25, -0.2) is 9.97 Å². The van der Waals surface area contributed by atoms with Gasteiger partial charge in [0.05, 0.1) is 5.52 Å². The van der Waals surface area contributed by atoms with Crippen LogP contribution in [0.2, 0.25) is 10.3 Å². The van der Waals surface area contributed by atoms with Crippen LogP contribution in [0.3, 0.4) is 0 Å². The second kappa shape index (κ2) is 5.30. The fourth-order valence-electron chi connectivity index (χ4n) is 2.96. The predicted molar refractivity (Wildman–Crippen MR) is 87.4 cm³/mol. The summed E-state index contributed by atoms with van der Waals surface area (Å²) in [7, 11) is 4.16. The van der Waals surface area contributed by atoms with Gasteiger partial charge in [-0.1, -0.05) is 23.2 Å². The zero-order valence-corrected chi connectivity index (χ0v) is 14.2. The molecule has 0 spiro atoms. The number of pyridine rings is 1. The number of hydrogen-bond acceptors (Lipinski definition) is 4. The summed E-state index contributed by atoms with van der Waals surface area (Å²) in [5.41, 5.74) is 1.62. The number of aryl methyl sites for hydroxylation is 1. The molecular formula is C14H19Cl2N5. The molecule has 7 heteroatoms. The Morgan fingerprint density at radius 3 is 2.33 bits per heavy atom. The summed E-state index contributed by atoms with van der Waals surface area (Å²) in [4.78, 5) is 13.5. The van der Waals surface area contributed by atoms with Gasteiger partial charge in [0.1, 0.15) is 10.7 Å². The van der Waals surface area contributed by atoms with E-state index in [0.29, 0.717) is 27.9 Å². The number of nitrogens with zero attached hydrogens (tertiary/aromatic N) is 5. The first-order valence-electron chi connectivity index (χ1n) is 7.04. The molecule has 3 heterocycles. The van der Waals surface area contributed by atoms with Crippen molar-refractivity contribution in [3.63, 3.8) is 0 Å². The van der Waals surface area contributed by atoms with E-state index in [1.54, 1.807) is 0 Å². The van der Waals surface area contributed by atoms with Crippen LogP contribution in [0.15, 0.2) is 6.07 Å². The molecule has 0 unspecified atom stereocenters.